The van der Waals surface area contributed by atoms with Crippen LogP contribution in [-0.2, 0) is 0 Å². The predicted molar refractivity (Wildman–Crippen MR) is 102 cm³/mol. The van der Waals surface area contributed by atoms with Crippen molar-refractivity contribution in [1.82, 2.24) is 4.90 Å². The van der Waals surface area contributed by atoms with Crippen molar-refractivity contribution >= 4 is 23.0 Å². The summed E-state index contributed by atoms with van der Waals surface area (Å²) in [6, 6.07) is 11.7. The summed E-state index contributed by atoms with van der Waals surface area (Å²) in [6.07, 6.45) is 2.76. The number of benzene rings is 1. The van der Waals surface area contributed by atoms with Crippen LogP contribution in [0.4, 0.5) is 5.69 Å². The number of rotatable bonds is 7. The first-order valence-corrected chi connectivity index (χ1v) is 8.67. The highest BCUT2D eigenvalue weighted by Crippen LogP contribution is 2.24. The van der Waals surface area contributed by atoms with E-state index in [1.165, 1.54) is 0 Å². The zero-order valence-electron chi connectivity index (χ0n) is 14.8. The van der Waals surface area contributed by atoms with Gasteiger partial charge in [-0.15, -0.1) is 0 Å². The molecule has 1 atom stereocenters. The van der Waals surface area contributed by atoms with Crippen molar-refractivity contribution in [2.24, 2.45) is 5.92 Å². The van der Waals surface area contributed by atoms with Crippen LogP contribution in [0.3, 0.4) is 0 Å². The lowest BCUT2D eigenvalue weighted by Crippen LogP contribution is -2.38. The van der Waals surface area contributed by atoms with Gasteiger partial charge in [0, 0.05) is 18.3 Å². The van der Waals surface area contributed by atoms with Crippen molar-refractivity contribution in [3.8, 4) is 5.75 Å². The summed E-state index contributed by atoms with van der Waals surface area (Å²) in [5.74, 6) is 2.32. The van der Waals surface area contributed by atoms with Gasteiger partial charge in [0.15, 0.2) is 5.11 Å². The van der Waals surface area contributed by atoms with Crippen LogP contribution in [0.1, 0.15) is 39.0 Å². The first-order valence-electron chi connectivity index (χ1n) is 8.26. The quantitative estimate of drug-likeness (QED) is 0.707. The topological polar surface area (TPSA) is 37.6 Å². The van der Waals surface area contributed by atoms with Crippen LogP contribution < -0.4 is 10.1 Å². The Morgan fingerprint density at radius 2 is 2.04 bits per heavy atom. The van der Waals surface area contributed by atoms with Gasteiger partial charge in [0.1, 0.15) is 11.5 Å². The standard InChI is InChI=1S/C19H26N2O2S/c1-14(2)10-11-21(15(3)18-9-6-12-23-18)19(24)20-16-7-5-8-17(13-16)22-4/h5-9,12-15H,10-11H2,1-4H3,(H,20,24)/t15-/m1/s1. The number of hydrogen-bond donors (Lipinski definition) is 1. The Hall–Kier alpha value is -2.01. The second-order valence-electron chi connectivity index (χ2n) is 6.23. The third-order valence-electron chi connectivity index (χ3n) is 3.95. The molecule has 0 unspecified atom stereocenters. The van der Waals surface area contributed by atoms with Crippen molar-refractivity contribution in [1.29, 1.82) is 0 Å². The molecule has 0 bridgehead atoms. The lowest BCUT2D eigenvalue weighted by Gasteiger charge is -2.31. The van der Waals surface area contributed by atoms with Gasteiger partial charge in [-0.2, -0.15) is 0 Å². The molecular weight excluding hydrogens is 320 g/mol. The van der Waals surface area contributed by atoms with Gasteiger partial charge in [-0.05, 0) is 55.7 Å². The highest BCUT2D eigenvalue weighted by Gasteiger charge is 2.21. The first-order chi connectivity index (χ1) is 11.5. The molecule has 0 aliphatic carbocycles. The zero-order valence-corrected chi connectivity index (χ0v) is 15.6. The molecule has 5 heteroatoms. The van der Waals surface area contributed by atoms with Crippen LogP contribution >= 0.6 is 12.2 Å². The predicted octanol–water partition coefficient (Wildman–Crippen LogP) is 5.09. The molecule has 4 nitrogen and oxygen atoms in total. The monoisotopic (exact) mass is 346 g/mol. The molecule has 0 saturated heterocycles. The number of nitrogens with one attached hydrogen (secondary N) is 1. The van der Waals surface area contributed by atoms with Gasteiger partial charge in [0.05, 0.1) is 19.4 Å². The fourth-order valence-electron chi connectivity index (χ4n) is 2.45. The van der Waals surface area contributed by atoms with Gasteiger partial charge < -0.3 is 19.4 Å². The van der Waals surface area contributed by atoms with Gasteiger partial charge in [-0.25, -0.2) is 0 Å². The molecule has 2 aromatic rings. The minimum Gasteiger partial charge on any atom is -0.497 e. The maximum absolute atomic E-state index is 5.67. The van der Waals surface area contributed by atoms with E-state index in [2.05, 4.69) is 31.0 Å². The van der Waals surface area contributed by atoms with Gasteiger partial charge in [-0.1, -0.05) is 19.9 Å². The van der Waals surface area contributed by atoms with E-state index >= 15 is 0 Å². The Morgan fingerprint density at radius 3 is 2.67 bits per heavy atom. The van der Waals surface area contributed by atoms with Crippen LogP contribution in [0, 0.1) is 5.92 Å². The van der Waals surface area contributed by atoms with E-state index in [1.54, 1.807) is 13.4 Å². The molecule has 1 aromatic heterocycles. The van der Waals surface area contributed by atoms with E-state index in [-0.39, 0.29) is 6.04 Å². The van der Waals surface area contributed by atoms with Crippen LogP contribution in [0.15, 0.2) is 47.1 Å². The van der Waals surface area contributed by atoms with Gasteiger partial charge >= 0.3 is 0 Å². The summed E-state index contributed by atoms with van der Waals surface area (Å²) < 4.78 is 10.8. The first kappa shape index (κ1) is 18.3. The average molecular weight is 346 g/mol. The van der Waals surface area contributed by atoms with E-state index in [1.807, 2.05) is 36.4 Å². The molecule has 0 amide bonds. The fraction of sp³-hybridized carbons (Fsp3) is 0.421. The second-order valence-corrected chi connectivity index (χ2v) is 6.62. The molecule has 1 N–H and O–H groups in total. The number of anilines is 1. The smallest absolute Gasteiger partial charge is 0.174 e. The molecule has 130 valence electrons. The van der Waals surface area contributed by atoms with Crippen molar-refractivity contribution in [2.75, 3.05) is 19.0 Å². The largest absolute Gasteiger partial charge is 0.497 e. The maximum Gasteiger partial charge on any atom is 0.174 e. The van der Waals surface area contributed by atoms with E-state index < -0.39 is 0 Å². The molecule has 2 rings (SSSR count). The lowest BCUT2D eigenvalue weighted by molar-refractivity contribution is 0.281. The second kappa shape index (κ2) is 8.73. The average Bonchev–Trinajstić information content (AvgIpc) is 3.09. The fourth-order valence-corrected chi connectivity index (χ4v) is 2.81. The SMILES string of the molecule is COc1cccc(NC(=S)N(CCC(C)C)[C@H](C)c2ccco2)c1. The van der Waals surface area contributed by atoms with Crippen molar-refractivity contribution in [3.63, 3.8) is 0 Å². The Morgan fingerprint density at radius 1 is 1.25 bits per heavy atom. The van der Waals surface area contributed by atoms with E-state index in [4.69, 9.17) is 21.4 Å². The van der Waals surface area contributed by atoms with Crippen LogP contribution in [0.25, 0.3) is 0 Å². The lowest BCUT2D eigenvalue weighted by atomic mass is 10.1. The Labute approximate surface area is 149 Å². The molecule has 0 spiro atoms. The molecule has 0 aliphatic rings. The summed E-state index contributed by atoms with van der Waals surface area (Å²) in [5, 5.41) is 4.01. The van der Waals surface area contributed by atoms with E-state index in [0.717, 1.165) is 30.2 Å². The summed E-state index contributed by atoms with van der Waals surface area (Å²) >= 11 is 5.67. The summed E-state index contributed by atoms with van der Waals surface area (Å²) in [4.78, 5) is 2.17. The number of methoxy groups -OCH3 is 1. The molecule has 0 aliphatic heterocycles. The molecule has 24 heavy (non-hydrogen) atoms. The summed E-state index contributed by atoms with van der Waals surface area (Å²) in [5.41, 5.74) is 0.917. The number of nitrogens with zero attached hydrogens (tertiary/aromatic N) is 1. The van der Waals surface area contributed by atoms with Gasteiger partial charge in [0.2, 0.25) is 0 Å². The Bertz CT molecular complexity index is 641. The molecule has 0 fully saturated rings. The van der Waals surface area contributed by atoms with Crippen molar-refractivity contribution in [2.45, 2.75) is 33.2 Å². The summed E-state index contributed by atoms with van der Waals surface area (Å²) in [7, 11) is 1.66. The highest BCUT2D eigenvalue weighted by molar-refractivity contribution is 7.80. The van der Waals surface area contributed by atoms with Crippen LogP contribution in [0.2, 0.25) is 0 Å². The normalized spacial score (nSPS) is 12.0. The summed E-state index contributed by atoms with van der Waals surface area (Å²) in [6.45, 7) is 7.41. The number of furan rings is 1. The number of thiocarbonyl (C=S) groups is 1. The third-order valence-corrected chi connectivity index (χ3v) is 4.29. The van der Waals surface area contributed by atoms with Crippen molar-refractivity contribution in [3.05, 3.63) is 48.4 Å². The van der Waals surface area contributed by atoms with Gasteiger partial charge in [-0.3, -0.25) is 0 Å². The maximum atomic E-state index is 5.67. The molecular formula is C19H26N2O2S. The van der Waals surface area contributed by atoms with E-state index in [0.29, 0.717) is 11.0 Å². The Balaban J connectivity index is 2.13. The van der Waals surface area contributed by atoms with Gasteiger partial charge in [0.25, 0.3) is 0 Å². The van der Waals surface area contributed by atoms with E-state index in [9.17, 15) is 0 Å². The third kappa shape index (κ3) is 4.99. The minimum atomic E-state index is 0.0735. The van der Waals surface area contributed by atoms with Crippen LogP contribution in [-0.4, -0.2) is 23.7 Å². The van der Waals surface area contributed by atoms with Crippen LogP contribution in [0.5, 0.6) is 5.75 Å². The minimum absolute atomic E-state index is 0.0735. The number of ether oxygens (including phenoxy) is 1. The Kier molecular flexibility index (Phi) is 6.67. The molecule has 0 radical (unpaired) electrons. The van der Waals surface area contributed by atoms with Crippen molar-refractivity contribution < 1.29 is 9.15 Å². The number of hydrogen-bond acceptors (Lipinski definition) is 3. The highest BCUT2D eigenvalue weighted by atomic mass is 32.1. The zero-order chi connectivity index (χ0) is 17.5. The molecule has 1 heterocycles. The molecule has 0 saturated carbocycles. The molecule has 1 aromatic carbocycles.